The fraction of sp³-hybridized carbons (Fsp3) is 0.429. The number of likely N-dealkylation sites (tertiary alicyclic amines) is 1. The van der Waals surface area contributed by atoms with Crippen molar-refractivity contribution in [3.63, 3.8) is 0 Å². The lowest BCUT2D eigenvalue weighted by molar-refractivity contribution is -0.146. The van der Waals surface area contributed by atoms with E-state index in [1.807, 2.05) is 30.3 Å². The Morgan fingerprint density at radius 3 is 2.92 bits per heavy atom. The summed E-state index contributed by atoms with van der Waals surface area (Å²) in [5.41, 5.74) is 1.58. The van der Waals surface area contributed by atoms with Crippen LogP contribution in [0.3, 0.4) is 0 Å². The van der Waals surface area contributed by atoms with Crippen LogP contribution in [-0.2, 0) is 4.79 Å². The minimum atomic E-state index is -0.771. The lowest BCUT2D eigenvalue weighted by Gasteiger charge is -2.37. The molecule has 2 aromatic carbocycles. The number of thioether (sulfide) groups is 1. The Hall–Kier alpha value is -2.68. The van der Waals surface area contributed by atoms with Gasteiger partial charge in [-0.15, -0.1) is 11.8 Å². The predicted molar refractivity (Wildman–Crippen MR) is 140 cm³/mol. The molecular weight excluding hydrogens is 479 g/mol. The number of carboxylic acids is 1. The molecule has 4 rings (SSSR count). The van der Waals surface area contributed by atoms with E-state index in [9.17, 15) is 19.4 Å². The Bertz CT molecular complexity index is 1180. The molecule has 2 N–H and O–H groups in total. The van der Waals surface area contributed by atoms with E-state index in [2.05, 4.69) is 9.88 Å². The molecule has 0 saturated carbocycles. The van der Waals surface area contributed by atoms with Gasteiger partial charge in [-0.1, -0.05) is 6.07 Å². The van der Waals surface area contributed by atoms with Gasteiger partial charge in [0.2, 0.25) is 0 Å². The second kappa shape index (κ2) is 12.5. The maximum absolute atomic E-state index is 13.3. The smallest absolute Gasteiger partial charge is 0.308 e. The summed E-state index contributed by atoms with van der Waals surface area (Å²) in [5, 5.41) is 21.7. The molecule has 1 aromatic heterocycles. The van der Waals surface area contributed by atoms with Gasteiger partial charge in [-0.3, -0.25) is 9.78 Å². The molecule has 0 radical (unpaired) electrons. The summed E-state index contributed by atoms with van der Waals surface area (Å²) in [6, 6.07) is 14.0. The molecule has 0 aliphatic carbocycles. The average Bonchev–Trinajstić information content (AvgIpc) is 2.89. The van der Waals surface area contributed by atoms with Crippen LogP contribution < -0.4 is 4.74 Å². The summed E-state index contributed by atoms with van der Waals surface area (Å²) in [7, 11) is 1.61. The summed E-state index contributed by atoms with van der Waals surface area (Å²) >= 11 is 1.62. The number of hydrogen-bond acceptors (Lipinski definition) is 6. The van der Waals surface area contributed by atoms with Crippen molar-refractivity contribution in [1.29, 1.82) is 0 Å². The first-order chi connectivity index (χ1) is 17.4. The molecule has 36 heavy (non-hydrogen) atoms. The van der Waals surface area contributed by atoms with Crippen LogP contribution in [0.1, 0.15) is 37.4 Å². The minimum Gasteiger partial charge on any atom is -0.497 e. The van der Waals surface area contributed by atoms with Crippen molar-refractivity contribution in [3.8, 4) is 5.75 Å². The number of aliphatic hydroxyl groups is 1. The Morgan fingerprint density at radius 2 is 2.14 bits per heavy atom. The number of carboxylic acid groups (broad SMARTS) is 1. The highest BCUT2D eigenvalue weighted by Gasteiger charge is 2.34. The van der Waals surface area contributed by atoms with Gasteiger partial charge in [0.1, 0.15) is 11.6 Å². The lowest BCUT2D eigenvalue weighted by Crippen LogP contribution is -2.44. The van der Waals surface area contributed by atoms with Crippen molar-refractivity contribution in [1.82, 2.24) is 9.88 Å². The molecule has 1 saturated heterocycles. The highest BCUT2D eigenvalue weighted by molar-refractivity contribution is 7.99. The zero-order valence-electron chi connectivity index (χ0n) is 20.5. The molecule has 0 bridgehead atoms. The lowest BCUT2D eigenvalue weighted by atomic mass is 9.81. The standard InChI is InChI=1S/C28H33FN2O4S/c1-35-21-7-8-26-24(17-21)23(10-12-30-26)27(32)9-6-19-11-14-31(18-25(19)28(33)34)13-3-15-36-22-5-2-4-20(29)16-22/h2,4-5,7-8,10,12,16-17,19,25,27,32H,3,6,9,11,13-15,18H2,1H3,(H,33,34)/t19-,25+,27?/m1/s1. The van der Waals surface area contributed by atoms with Gasteiger partial charge >= 0.3 is 5.97 Å². The normalized spacial score (nSPS) is 19.3. The van der Waals surface area contributed by atoms with Gasteiger partial charge in [-0.2, -0.15) is 0 Å². The number of nitrogens with zero attached hydrogens (tertiary/aromatic N) is 2. The summed E-state index contributed by atoms with van der Waals surface area (Å²) in [5.74, 6) is 0.143. The summed E-state index contributed by atoms with van der Waals surface area (Å²) in [6.07, 6.45) is 3.85. The number of carbonyl (C=O) groups is 1. The number of hydrogen-bond donors (Lipinski definition) is 2. The van der Waals surface area contributed by atoms with E-state index < -0.39 is 18.0 Å². The maximum Gasteiger partial charge on any atom is 0.308 e. The number of aromatic nitrogens is 1. The summed E-state index contributed by atoms with van der Waals surface area (Å²) in [6.45, 7) is 2.20. The molecule has 1 aliphatic heterocycles. The van der Waals surface area contributed by atoms with Crippen molar-refractivity contribution in [2.75, 3.05) is 32.5 Å². The monoisotopic (exact) mass is 512 g/mol. The van der Waals surface area contributed by atoms with Gasteiger partial charge in [0.25, 0.3) is 0 Å². The molecule has 3 atom stereocenters. The topological polar surface area (TPSA) is 82.9 Å². The Kier molecular flexibility index (Phi) is 9.18. The number of benzene rings is 2. The average molecular weight is 513 g/mol. The van der Waals surface area contributed by atoms with E-state index in [-0.39, 0.29) is 11.7 Å². The second-order valence-corrected chi connectivity index (χ2v) is 10.5. The third-order valence-corrected chi connectivity index (χ3v) is 8.07. The number of aliphatic hydroxyl groups excluding tert-OH is 1. The van der Waals surface area contributed by atoms with Crippen LogP contribution in [0.25, 0.3) is 10.9 Å². The molecule has 3 aromatic rings. The minimum absolute atomic E-state index is 0.0257. The molecule has 0 amide bonds. The first-order valence-electron chi connectivity index (χ1n) is 12.4. The van der Waals surface area contributed by atoms with Crippen molar-refractivity contribution in [2.45, 2.75) is 36.7 Å². The highest BCUT2D eigenvalue weighted by atomic mass is 32.2. The number of methoxy groups -OCH3 is 1. The zero-order valence-corrected chi connectivity index (χ0v) is 21.3. The molecule has 2 heterocycles. The Morgan fingerprint density at radius 1 is 1.28 bits per heavy atom. The quantitative estimate of drug-likeness (QED) is 0.263. The SMILES string of the molecule is COc1ccc2nccc(C(O)CC[C@@H]3CCN(CCCSc4cccc(F)c4)C[C@@H]3C(=O)O)c2c1. The van der Waals surface area contributed by atoms with Gasteiger partial charge in [0.15, 0.2) is 0 Å². The fourth-order valence-corrected chi connectivity index (χ4v) is 5.90. The van der Waals surface area contributed by atoms with Crippen LogP contribution in [0.5, 0.6) is 5.75 Å². The van der Waals surface area contributed by atoms with Crippen molar-refractivity contribution >= 4 is 28.6 Å². The van der Waals surface area contributed by atoms with Gasteiger partial charge in [0, 0.05) is 23.0 Å². The number of aliphatic carboxylic acids is 1. The van der Waals surface area contributed by atoms with Crippen LogP contribution in [-0.4, -0.2) is 58.6 Å². The largest absolute Gasteiger partial charge is 0.497 e. The highest BCUT2D eigenvalue weighted by Crippen LogP contribution is 2.34. The number of halogens is 1. The van der Waals surface area contributed by atoms with E-state index in [1.54, 1.807) is 31.1 Å². The van der Waals surface area contributed by atoms with Gasteiger partial charge in [-0.05, 0) is 98.5 Å². The van der Waals surface area contributed by atoms with Crippen LogP contribution in [0, 0.1) is 17.7 Å². The first-order valence-corrected chi connectivity index (χ1v) is 13.4. The Labute approximate surface area is 215 Å². The van der Waals surface area contributed by atoms with E-state index >= 15 is 0 Å². The second-order valence-electron chi connectivity index (χ2n) is 9.33. The zero-order chi connectivity index (χ0) is 25.5. The van der Waals surface area contributed by atoms with Crippen LogP contribution >= 0.6 is 11.8 Å². The van der Waals surface area contributed by atoms with Crippen molar-refractivity contribution in [2.24, 2.45) is 11.8 Å². The molecule has 1 aliphatic rings. The molecular formula is C28H33FN2O4S. The number of piperidine rings is 1. The summed E-state index contributed by atoms with van der Waals surface area (Å²) < 4.78 is 18.7. The first kappa shape index (κ1) is 26.4. The molecule has 1 fully saturated rings. The summed E-state index contributed by atoms with van der Waals surface area (Å²) in [4.78, 5) is 19.6. The molecule has 1 unspecified atom stereocenters. The molecule has 8 heteroatoms. The van der Waals surface area contributed by atoms with E-state index in [0.717, 1.165) is 53.0 Å². The van der Waals surface area contributed by atoms with E-state index in [4.69, 9.17) is 4.74 Å². The van der Waals surface area contributed by atoms with Gasteiger partial charge in [0.05, 0.1) is 24.6 Å². The third kappa shape index (κ3) is 6.75. The molecule has 192 valence electrons. The van der Waals surface area contributed by atoms with Gasteiger partial charge in [-0.25, -0.2) is 4.39 Å². The van der Waals surface area contributed by atoms with Crippen LogP contribution in [0.2, 0.25) is 0 Å². The van der Waals surface area contributed by atoms with Crippen molar-refractivity contribution in [3.05, 3.63) is 66.1 Å². The number of ether oxygens (including phenoxy) is 1. The number of rotatable bonds is 11. The predicted octanol–water partition coefficient (Wildman–Crippen LogP) is 5.40. The Balaban J connectivity index is 1.29. The molecule has 0 spiro atoms. The number of fused-ring (bicyclic) bond motifs is 1. The van der Waals surface area contributed by atoms with Crippen LogP contribution in [0.4, 0.5) is 4.39 Å². The van der Waals surface area contributed by atoms with Crippen LogP contribution in [0.15, 0.2) is 59.6 Å². The van der Waals surface area contributed by atoms with E-state index in [0.29, 0.717) is 25.1 Å². The van der Waals surface area contributed by atoms with E-state index in [1.165, 1.54) is 12.1 Å². The fourth-order valence-electron chi connectivity index (χ4n) is 5.02. The third-order valence-electron chi connectivity index (χ3n) is 6.99. The van der Waals surface area contributed by atoms with Crippen molar-refractivity contribution < 1.29 is 24.1 Å². The number of pyridine rings is 1. The van der Waals surface area contributed by atoms with Gasteiger partial charge < -0.3 is 19.8 Å². The molecule has 6 nitrogen and oxygen atoms in total. The maximum atomic E-state index is 13.3.